The van der Waals surface area contributed by atoms with Gasteiger partial charge in [-0.05, 0) is 80.7 Å². The second-order valence-electron chi connectivity index (χ2n) is 9.18. The maximum Gasteiger partial charge on any atom is 0.251 e. The summed E-state index contributed by atoms with van der Waals surface area (Å²) in [7, 11) is 0. The molecule has 2 aromatic rings. The molecule has 0 unspecified atom stereocenters. The highest BCUT2D eigenvalue weighted by Gasteiger charge is 2.21. The lowest BCUT2D eigenvalue weighted by atomic mass is 9.92. The van der Waals surface area contributed by atoms with Crippen LogP contribution < -0.4 is 15.0 Å². The largest absolute Gasteiger partial charge is 0.494 e. The molecule has 33 heavy (non-hydrogen) atoms. The van der Waals surface area contributed by atoms with Crippen molar-refractivity contribution in [2.45, 2.75) is 58.4 Å². The number of hydrogen-bond acceptors (Lipinski definition) is 6. The number of ether oxygens (including phenoxy) is 2. The van der Waals surface area contributed by atoms with Crippen LogP contribution in [0.2, 0.25) is 0 Å². The number of benzene rings is 1. The van der Waals surface area contributed by atoms with Crippen LogP contribution in [0.3, 0.4) is 0 Å². The van der Waals surface area contributed by atoms with Crippen molar-refractivity contribution >= 4 is 11.9 Å². The summed E-state index contributed by atoms with van der Waals surface area (Å²) >= 11 is 0. The Morgan fingerprint density at radius 3 is 2.67 bits per heavy atom. The van der Waals surface area contributed by atoms with Crippen LogP contribution in [0.4, 0.5) is 5.95 Å². The number of aromatic nitrogens is 2. The van der Waals surface area contributed by atoms with E-state index in [4.69, 9.17) is 9.47 Å². The summed E-state index contributed by atoms with van der Waals surface area (Å²) in [5.41, 5.74) is 2.82. The van der Waals surface area contributed by atoms with E-state index < -0.39 is 0 Å². The molecule has 2 saturated heterocycles. The fourth-order valence-electron chi connectivity index (χ4n) is 4.57. The molecule has 2 aliphatic rings. The van der Waals surface area contributed by atoms with Crippen molar-refractivity contribution in [1.82, 2.24) is 15.3 Å². The first-order valence-electron chi connectivity index (χ1n) is 12.3. The Morgan fingerprint density at radius 1 is 1.21 bits per heavy atom. The summed E-state index contributed by atoms with van der Waals surface area (Å²) in [5.74, 6) is 2.38. The number of nitrogens with zero attached hydrogens (tertiary/aromatic N) is 3. The summed E-state index contributed by atoms with van der Waals surface area (Å²) in [6.45, 7) is 8.14. The molecule has 1 amide bonds. The van der Waals surface area contributed by atoms with Gasteiger partial charge in [-0.2, -0.15) is 0 Å². The molecule has 1 N–H and O–H groups in total. The van der Waals surface area contributed by atoms with Crippen LogP contribution in [-0.4, -0.2) is 54.8 Å². The summed E-state index contributed by atoms with van der Waals surface area (Å²) in [6.07, 6.45) is 10.3. The Labute approximate surface area is 196 Å². The first-order valence-corrected chi connectivity index (χ1v) is 12.3. The van der Waals surface area contributed by atoms with E-state index in [0.29, 0.717) is 18.8 Å². The van der Waals surface area contributed by atoms with Crippen molar-refractivity contribution in [2.75, 3.05) is 37.8 Å². The topological polar surface area (TPSA) is 76.6 Å². The minimum atomic E-state index is -0.0346. The van der Waals surface area contributed by atoms with Gasteiger partial charge in [-0.3, -0.25) is 4.79 Å². The molecular formula is C26H36N4O3. The zero-order valence-electron chi connectivity index (χ0n) is 19.9. The van der Waals surface area contributed by atoms with Crippen LogP contribution in [0.5, 0.6) is 5.75 Å². The number of amides is 1. The van der Waals surface area contributed by atoms with E-state index >= 15 is 0 Å². The summed E-state index contributed by atoms with van der Waals surface area (Å²) in [6, 6.07) is 5.84. The van der Waals surface area contributed by atoms with E-state index in [0.717, 1.165) is 62.1 Å². The third kappa shape index (κ3) is 6.44. The number of aryl methyl sites for hydroxylation is 2. The van der Waals surface area contributed by atoms with E-state index in [-0.39, 0.29) is 11.9 Å². The van der Waals surface area contributed by atoms with Crippen LogP contribution in [-0.2, 0) is 11.2 Å². The Morgan fingerprint density at radius 2 is 2.00 bits per heavy atom. The minimum absolute atomic E-state index is 0.0346. The average molecular weight is 453 g/mol. The van der Waals surface area contributed by atoms with Gasteiger partial charge in [0.15, 0.2) is 0 Å². The molecule has 2 fully saturated rings. The minimum Gasteiger partial charge on any atom is -0.494 e. The van der Waals surface area contributed by atoms with E-state index in [9.17, 15) is 4.79 Å². The highest BCUT2D eigenvalue weighted by molar-refractivity contribution is 5.96. The quantitative estimate of drug-likeness (QED) is 0.581. The lowest BCUT2D eigenvalue weighted by Crippen LogP contribution is -2.35. The molecule has 0 saturated carbocycles. The number of hydrogen-bond donors (Lipinski definition) is 1. The van der Waals surface area contributed by atoms with Crippen molar-refractivity contribution in [1.29, 1.82) is 0 Å². The van der Waals surface area contributed by atoms with Crippen LogP contribution in [0.25, 0.3) is 0 Å². The highest BCUT2D eigenvalue weighted by Crippen LogP contribution is 2.25. The number of nitrogens with one attached hydrogen (secondary N) is 1. The number of carbonyl (C=O) groups excluding carboxylic acids is 1. The monoisotopic (exact) mass is 452 g/mol. The normalized spacial score (nSPS) is 19.0. The van der Waals surface area contributed by atoms with Crippen molar-refractivity contribution < 1.29 is 14.3 Å². The van der Waals surface area contributed by atoms with Gasteiger partial charge in [-0.25, -0.2) is 9.97 Å². The fraction of sp³-hybridized carbons (Fsp3) is 0.577. The van der Waals surface area contributed by atoms with Crippen LogP contribution in [0.1, 0.15) is 60.5 Å². The summed E-state index contributed by atoms with van der Waals surface area (Å²) in [4.78, 5) is 23.8. The van der Waals surface area contributed by atoms with Gasteiger partial charge in [-0.15, -0.1) is 0 Å². The molecule has 2 aliphatic heterocycles. The molecule has 0 aliphatic carbocycles. The first-order chi connectivity index (χ1) is 16.1. The zero-order valence-corrected chi connectivity index (χ0v) is 19.9. The molecule has 4 rings (SSSR count). The van der Waals surface area contributed by atoms with Gasteiger partial charge in [-0.1, -0.05) is 6.92 Å². The van der Waals surface area contributed by atoms with E-state index in [1.54, 1.807) is 0 Å². The Balaban J connectivity index is 1.16. The van der Waals surface area contributed by atoms with Gasteiger partial charge < -0.3 is 19.7 Å². The molecule has 0 bridgehead atoms. The van der Waals surface area contributed by atoms with E-state index in [2.05, 4.69) is 27.1 Å². The van der Waals surface area contributed by atoms with Gasteiger partial charge >= 0.3 is 0 Å². The molecule has 178 valence electrons. The van der Waals surface area contributed by atoms with Crippen LogP contribution >= 0.6 is 0 Å². The molecule has 0 radical (unpaired) electrons. The third-order valence-corrected chi connectivity index (χ3v) is 6.73. The maximum atomic E-state index is 12.5. The second-order valence-corrected chi connectivity index (χ2v) is 9.18. The van der Waals surface area contributed by atoms with E-state index in [1.165, 1.54) is 24.8 Å². The van der Waals surface area contributed by atoms with Gasteiger partial charge in [0.2, 0.25) is 5.95 Å². The predicted octanol–water partition coefficient (Wildman–Crippen LogP) is 3.94. The average Bonchev–Trinajstić information content (AvgIpc) is 3.35. The molecule has 7 heteroatoms. The van der Waals surface area contributed by atoms with Gasteiger partial charge in [0.05, 0.1) is 19.3 Å². The van der Waals surface area contributed by atoms with Gasteiger partial charge in [0.25, 0.3) is 5.91 Å². The van der Waals surface area contributed by atoms with Crippen LogP contribution in [0, 0.1) is 12.8 Å². The summed E-state index contributed by atoms with van der Waals surface area (Å²) < 4.78 is 11.3. The summed E-state index contributed by atoms with van der Waals surface area (Å²) in [5, 5.41) is 3.05. The lowest BCUT2D eigenvalue weighted by Gasteiger charge is -2.32. The molecule has 3 heterocycles. The number of rotatable bonds is 9. The number of anilines is 1. The Hall–Kier alpha value is -2.67. The fourth-order valence-corrected chi connectivity index (χ4v) is 4.57. The molecule has 1 atom stereocenters. The maximum absolute atomic E-state index is 12.5. The molecule has 1 aromatic heterocycles. The lowest BCUT2D eigenvalue weighted by molar-refractivity contribution is 0.0929. The van der Waals surface area contributed by atoms with Crippen LogP contribution in [0.15, 0.2) is 30.6 Å². The Bertz CT molecular complexity index is 904. The van der Waals surface area contributed by atoms with Gasteiger partial charge in [0.1, 0.15) is 5.75 Å². The first kappa shape index (κ1) is 23.5. The highest BCUT2D eigenvalue weighted by atomic mass is 16.5. The van der Waals surface area contributed by atoms with Crippen molar-refractivity contribution in [3.8, 4) is 5.75 Å². The number of carbonyl (C=O) groups is 1. The van der Waals surface area contributed by atoms with Crippen molar-refractivity contribution in [2.24, 2.45) is 5.92 Å². The number of piperidine rings is 1. The zero-order chi connectivity index (χ0) is 23.0. The van der Waals surface area contributed by atoms with Gasteiger partial charge in [0, 0.05) is 37.7 Å². The van der Waals surface area contributed by atoms with E-state index in [1.807, 2.05) is 37.5 Å². The predicted molar refractivity (Wildman–Crippen MR) is 129 cm³/mol. The molecule has 0 spiro atoms. The smallest absolute Gasteiger partial charge is 0.251 e. The molecule has 7 nitrogen and oxygen atoms in total. The second kappa shape index (κ2) is 11.5. The standard InChI is InChI=1S/C26H36N4O3/c1-3-20-16-27-26(28-17-20)30-11-8-21(9-12-30)5-4-13-33-23-6-7-24(19(2)15-23)25(31)29-22-10-14-32-18-22/h6-7,15-17,21-22H,3-5,8-14,18H2,1-2H3,(H,29,31)/t22-/m1/s1. The molecule has 1 aromatic carbocycles. The van der Waals surface area contributed by atoms with Crippen molar-refractivity contribution in [3.05, 3.63) is 47.3 Å². The third-order valence-electron chi connectivity index (χ3n) is 6.73. The molecular weight excluding hydrogens is 416 g/mol. The van der Waals surface area contributed by atoms with Crippen molar-refractivity contribution in [3.63, 3.8) is 0 Å². The Kier molecular flexibility index (Phi) is 8.15. The SMILES string of the molecule is CCc1cnc(N2CCC(CCCOc3ccc(C(=O)N[C@@H]4CCOC4)c(C)c3)CC2)nc1.